The van der Waals surface area contributed by atoms with Crippen LogP contribution in [0.1, 0.15) is 57.7 Å². The van der Waals surface area contributed by atoms with E-state index in [0.717, 1.165) is 0 Å². The van der Waals surface area contributed by atoms with Gasteiger partial charge in [0.15, 0.2) is 0 Å². The van der Waals surface area contributed by atoms with E-state index in [1.165, 1.54) is 4.90 Å². The molecule has 29 heavy (non-hydrogen) atoms. The zero-order valence-electron chi connectivity index (χ0n) is 17.1. The van der Waals surface area contributed by atoms with Crippen LogP contribution in [0.2, 0.25) is 0 Å². The molecule has 2 heterocycles. The molecule has 1 fully saturated rings. The number of amides is 2. The van der Waals surface area contributed by atoms with E-state index in [1.807, 2.05) is 0 Å². The molecule has 1 saturated heterocycles. The predicted molar refractivity (Wildman–Crippen MR) is 104 cm³/mol. The van der Waals surface area contributed by atoms with E-state index in [4.69, 9.17) is 9.47 Å². The number of nitrogens with one attached hydrogen (secondary N) is 1. The van der Waals surface area contributed by atoms with Crippen LogP contribution >= 0.6 is 0 Å². The molecule has 2 aliphatic heterocycles. The summed E-state index contributed by atoms with van der Waals surface area (Å²) >= 11 is 0. The highest BCUT2D eigenvalue weighted by Gasteiger charge is 2.45. The fourth-order valence-corrected chi connectivity index (χ4v) is 3.80. The molecule has 3 rings (SSSR count). The van der Waals surface area contributed by atoms with E-state index in [0.29, 0.717) is 36.3 Å². The number of ether oxygens (including phenoxy) is 2. The summed E-state index contributed by atoms with van der Waals surface area (Å²) in [5, 5.41) is 23.0. The van der Waals surface area contributed by atoms with E-state index >= 15 is 0 Å². The molecule has 8 nitrogen and oxygen atoms in total. The van der Waals surface area contributed by atoms with E-state index < -0.39 is 29.9 Å². The number of carbonyl (C=O) groups is 2. The Balaban J connectivity index is 1.85. The minimum Gasteiger partial charge on any atom is -0.485 e. The fourth-order valence-electron chi connectivity index (χ4n) is 3.80. The first-order chi connectivity index (χ1) is 13.6. The lowest BCUT2D eigenvalue weighted by atomic mass is 9.85. The molecular formula is C21H27N3O5. The number of nitrogens with zero attached hydrogens (tertiary/aromatic N) is 2. The normalized spacial score (nSPS) is 25.0. The number of hydrogen-bond donors (Lipinski definition) is 2. The number of benzene rings is 1. The van der Waals surface area contributed by atoms with Crippen LogP contribution in [0.3, 0.4) is 0 Å². The summed E-state index contributed by atoms with van der Waals surface area (Å²) in [7, 11) is 0. The van der Waals surface area contributed by atoms with Gasteiger partial charge >= 0.3 is 6.09 Å². The summed E-state index contributed by atoms with van der Waals surface area (Å²) in [6.45, 7) is 7.43. The molecule has 0 aromatic heterocycles. The number of nitriles is 1. The second-order valence-corrected chi connectivity index (χ2v) is 8.28. The standard InChI is InChI=1S/C21H27N3O5/c1-12(2)28-20(27)24-9-5-6-15(24)19(26)23-17-14-10-13(11-22)7-8-16(14)29-21(3,4)18(17)25/h7-8,10,12,15,17-18,25H,5-6,9H2,1-4H3,(H,23,26)/t15-,17?,18?/m0/s1. The number of aliphatic hydroxyl groups excluding tert-OH is 1. The summed E-state index contributed by atoms with van der Waals surface area (Å²) < 4.78 is 11.1. The molecule has 2 unspecified atom stereocenters. The van der Waals surface area contributed by atoms with Gasteiger partial charge < -0.3 is 19.9 Å². The van der Waals surface area contributed by atoms with Crippen molar-refractivity contribution in [3.05, 3.63) is 29.3 Å². The number of rotatable bonds is 3. The lowest BCUT2D eigenvalue weighted by Crippen LogP contribution is -2.56. The van der Waals surface area contributed by atoms with Crippen LogP contribution < -0.4 is 10.1 Å². The van der Waals surface area contributed by atoms with Crippen molar-refractivity contribution in [2.24, 2.45) is 0 Å². The Morgan fingerprint density at radius 2 is 2.14 bits per heavy atom. The Morgan fingerprint density at radius 1 is 1.41 bits per heavy atom. The molecule has 0 aliphatic carbocycles. The zero-order valence-corrected chi connectivity index (χ0v) is 17.1. The molecular weight excluding hydrogens is 374 g/mol. The van der Waals surface area contributed by atoms with Crippen LogP contribution in [-0.4, -0.2) is 52.4 Å². The first-order valence-corrected chi connectivity index (χ1v) is 9.83. The third kappa shape index (κ3) is 4.15. The Labute approximate surface area is 170 Å². The lowest BCUT2D eigenvalue weighted by molar-refractivity contribution is -0.129. The second kappa shape index (κ2) is 7.91. The van der Waals surface area contributed by atoms with Crippen LogP contribution in [0.4, 0.5) is 4.79 Å². The molecule has 2 N–H and O–H groups in total. The lowest BCUT2D eigenvalue weighted by Gasteiger charge is -2.42. The van der Waals surface area contributed by atoms with Crippen LogP contribution in [0.25, 0.3) is 0 Å². The number of aliphatic hydroxyl groups is 1. The van der Waals surface area contributed by atoms with Crippen molar-refractivity contribution >= 4 is 12.0 Å². The molecule has 156 valence electrons. The van der Waals surface area contributed by atoms with Gasteiger partial charge in [0.1, 0.15) is 23.5 Å². The molecule has 1 aromatic carbocycles. The minimum absolute atomic E-state index is 0.277. The van der Waals surface area contributed by atoms with Crippen molar-refractivity contribution in [3.63, 3.8) is 0 Å². The Bertz CT molecular complexity index is 845. The van der Waals surface area contributed by atoms with Gasteiger partial charge in [0.2, 0.25) is 5.91 Å². The van der Waals surface area contributed by atoms with Crippen molar-refractivity contribution in [1.82, 2.24) is 10.2 Å². The molecule has 8 heteroatoms. The maximum absolute atomic E-state index is 13.1. The molecule has 0 spiro atoms. The predicted octanol–water partition coefficient (Wildman–Crippen LogP) is 2.26. The van der Waals surface area contributed by atoms with Crippen molar-refractivity contribution in [2.45, 2.75) is 70.4 Å². The summed E-state index contributed by atoms with van der Waals surface area (Å²) in [5.74, 6) is 0.144. The van der Waals surface area contributed by atoms with Crippen molar-refractivity contribution in [2.75, 3.05) is 6.54 Å². The number of fused-ring (bicyclic) bond motifs is 1. The van der Waals surface area contributed by atoms with Crippen molar-refractivity contribution < 1.29 is 24.2 Å². The van der Waals surface area contributed by atoms with Gasteiger partial charge in [-0.15, -0.1) is 0 Å². The average molecular weight is 401 g/mol. The van der Waals surface area contributed by atoms with Gasteiger partial charge in [-0.2, -0.15) is 5.26 Å². The van der Waals surface area contributed by atoms with E-state index in [9.17, 15) is 20.0 Å². The average Bonchev–Trinajstić information content (AvgIpc) is 3.14. The van der Waals surface area contributed by atoms with Crippen molar-refractivity contribution in [1.29, 1.82) is 5.26 Å². The molecule has 1 aromatic rings. The molecule has 0 radical (unpaired) electrons. The highest BCUT2D eigenvalue weighted by atomic mass is 16.6. The first-order valence-electron chi connectivity index (χ1n) is 9.83. The molecule has 2 aliphatic rings. The highest BCUT2D eigenvalue weighted by molar-refractivity contribution is 5.86. The van der Waals surface area contributed by atoms with E-state index in [-0.39, 0.29) is 12.0 Å². The maximum atomic E-state index is 13.1. The van der Waals surface area contributed by atoms with Crippen LogP contribution in [-0.2, 0) is 9.53 Å². The smallest absolute Gasteiger partial charge is 0.410 e. The van der Waals surface area contributed by atoms with Crippen LogP contribution in [0.15, 0.2) is 18.2 Å². The molecule has 0 bridgehead atoms. The summed E-state index contributed by atoms with van der Waals surface area (Å²) in [5.41, 5.74) is 0.00504. The highest BCUT2D eigenvalue weighted by Crippen LogP contribution is 2.40. The third-order valence-electron chi connectivity index (χ3n) is 5.30. The molecule has 0 saturated carbocycles. The largest absolute Gasteiger partial charge is 0.485 e. The number of carbonyl (C=O) groups excluding carboxylic acids is 2. The zero-order chi connectivity index (χ0) is 21.3. The SMILES string of the molecule is CC(C)OC(=O)N1CCC[C@H]1C(=O)NC1c2cc(C#N)ccc2OC(C)(C)C1O. The number of hydrogen-bond acceptors (Lipinski definition) is 6. The van der Waals surface area contributed by atoms with E-state index in [2.05, 4.69) is 11.4 Å². The third-order valence-corrected chi connectivity index (χ3v) is 5.30. The summed E-state index contributed by atoms with van der Waals surface area (Å²) in [4.78, 5) is 26.8. The molecule has 2 amide bonds. The monoisotopic (exact) mass is 401 g/mol. The Kier molecular flexibility index (Phi) is 5.71. The van der Waals surface area contributed by atoms with Gasteiger partial charge in [-0.3, -0.25) is 9.69 Å². The topological polar surface area (TPSA) is 112 Å². The van der Waals surface area contributed by atoms with Gasteiger partial charge in [0.25, 0.3) is 0 Å². The van der Waals surface area contributed by atoms with Gasteiger partial charge in [0, 0.05) is 12.1 Å². The Morgan fingerprint density at radius 3 is 2.79 bits per heavy atom. The van der Waals surface area contributed by atoms with Crippen molar-refractivity contribution in [3.8, 4) is 11.8 Å². The Hall–Kier alpha value is -2.79. The van der Waals surface area contributed by atoms with Gasteiger partial charge in [-0.1, -0.05) is 0 Å². The van der Waals surface area contributed by atoms with Gasteiger partial charge in [0.05, 0.1) is 23.8 Å². The van der Waals surface area contributed by atoms with Gasteiger partial charge in [-0.25, -0.2) is 4.79 Å². The van der Waals surface area contributed by atoms with Crippen LogP contribution in [0, 0.1) is 11.3 Å². The number of likely N-dealkylation sites (tertiary alicyclic amines) is 1. The summed E-state index contributed by atoms with van der Waals surface area (Å²) in [6, 6.07) is 5.54. The first kappa shape index (κ1) is 20.9. The van der Waals surface area contributed by atoms with Crippen LogP contribution in [0.5, 0.6) is 5.75 Å². The quantitative estimate of drug-likeness (QED) is 0.803. The minimum atomic E-state index is -1.04. The summed E-state index contributed by atoms with van der Waals surface area (Å²) in [6.07, 6.45) is -0.612. The fraction of sp³-hybridized carbons (Fsp3) is 0.571. The molecule has 3 atom stereocenters. The van der Waals surface area contributed by atoms with E-state index in [1.54, 1.807) is 45.9 Å². The van der Waals surface area contributed by atoms with Gasteiger partial charge in [-0.05, 0) is 58.7 Å². The second-order valence-electron chi connectivity index (χ2n) is 8.28. The maximum Gasteiger partial charge on any atom is 0.410 e.